The number of carbonyl (C=O) groups excluding carboxylic acids is 1. The summed E-state index contributed by atoms with van der Waals surface area (Å²) in [6.07, 6.45) is 9.57. The van der Waals surface area contributed by atoms with Crippen molar-refractivity contribution in [3.63, 3.8) is 0 Å². The van der Waals surface area contributed by atoms with Gasteiger partial charge in [0.05, 0.1) is 12.7 Å². The first-order chi connectivity index (χ1) is 16.9. The van der Waals surface area contributed by atoms with E-state index in [1.807, 2.05) is 12.0 Å². The Morgan fingerprint density at radius 1 is 1.14 bits per heavy atom. The van der Waals surface area contributed by atoms with Gasteiger partial charge in [-0.1, -0.05) is 38.6 Å². The van der Waals surface area contributed by atoms with E-state index in [4.69, 9.17) is 14.5 Å². The van der Waals surface area contributed by atoms with Crippen LogP contribution >= 0.6 is 11.8 Å². The third-order valence-corrected chi connectivity index (χ3v) is 10.3. The quantitative estimate of drug-likeness (QED) is 0.420. The van der Waals surface area contributed by atoms with Gasteiger partial charge < -0.3 is 9.47 Å². The summed E-state index contributed by atoms with van der Waals surface area (Å²) >= 11 is 1.78. The first-order valence-corrected chi connectivity index (χ1v) is 14.6. The van der Waals surface area contributed by atoms with E-state index < -0.39 is 5.54 Å². The van der Waals surface area contributed by atoms with Gasteiger partial charge in [0, 0.05) is 23.8 Å². The summed E-state index contributed by atoms with van der Waals surface area (Å²) in [5.41, 5.74) is 1.33. The van der Waals surface area contributed by atoms with Gasteiger partial charge in [-0.3, -0.25) is 9.69 Å². The molecule has 2 fully saturated rings. The van der Waals surface area contributed by atoms with Gasteiger partial charge in [0.15, 0.2) is 10.7 Å². The zero-order chi connectivity index (χ0) is 24.8. The Balaban J connectivity index is 1.61. The van der Waals surface area contributed by atoms with Gasteiger partial charge in [-0.15, -0.1) is 0 Å². The van der Waals surface area contributed by atoms with Crippen LogP contribution in [0, 0.1) is 11.3 Å². The molecule has 0 bridgehead atoms. The molecule has 0 radical (unpaired) electrons. The lowest BCUT2D eigenvalue weighted by Gasteiger charge is -2.45. The molecular formula is C29H42N2O3S. The SMILES string of the molecule is CCC(C)SC1=NC2(C(=O)N1C(C)CC)c1cc(OCC3CC3)ccc1CC21CCC(OC)CC1. The predicted octanol–water partition coefficient (Wildman–Crippen LogP) is 6.33. The fourth-order valence-electron chi connectivity index (χ4n) is 6.28. The van der Waals surface area contributed by atoms with Crippen molar-refractivity contribution in [2.75, 3.05) is 13.7 Å². The maximum Gasteiger partial charge on any atom is 0.262 e. The number of thioether (sulfide) groups is 1. The molecule has 6 heteroatoms. The molecule has 0 saturated heterocycles. The van der Waals surface area contributed by atoms with E-state index in [-0.39, 0.29) is 23.5 Å². The average Bonchev–Trinajstić information content (AvgIpc) is 3.61. The van der Waals surface area contributed by atoms with Gasteiger partial charge in [-0.05, 0) is 93.9 Å². The van der Waals surface area contributed by atoms with Gasteiger partial charge >= 0.3 is 0 Å². The lowest BCUT2D eigenvalue weighted by Crippen LogP contribution is -2.53. The number of ether oxygens (including phenoxy) is 2. The summed E-state index contributed by atoms with van der Waals surface area (Å²) in [7, 11) is 1.82. The smallest absolute Gasteiger partial charge is 0.262 e. The number of hydrogen-bond donors (Lipinski definition) is 0. The second-order valence-electron chi connectivity index (χ2n) is 11.3. The summed E-state index contributed by atoms with van der Waals surface area (Å²) in [6.45, 7) is 9.56. The second-order valence-corrected chi connectivity index (χ2v) is 12.7. The molecule has 0 aromatic heterocycles. The topological polar surface area (TPSA) is 51.1 Å². The molecule has 1 aliphatic heterocycles. The fourth-order valence-corrected chi connectivity index (χ4v) is 7.37. The highest BCUT2D eigenvalue weighted by molar-refractivity contribution is 8.14. The molecule has 192 valence electrons. The van der Waals surface area contributed by atoms with E-state index >= 15 is 0 Å². The van der Waals surface area contributed by atoms with Crippen LogP contribution in [-0.4, -0.2) is 47.1 Å². The number of hydrogen-bond acceptors (Lipinski definition) is 5. The maximum atomic E-state index is 14.7. The molecule has 2 saturated carbocycles. The monoisotopic (exact) mass is 498 g/mol. The third-order valence-electron chi connectivity index (χ3n) is 9.08. The molecule has 1 amide bonds. The standard InChI is InChI=1S/C29H42N2O3S/c1-6-19(3)31-26(32)29(30-27(31)35-20(4)7-2)25-16-24(34-18-21-8-9-21)11-10-22(25)17-28(29)14-12-23(33-5)13-15-28/h10-11,16,19-21,23H,6-9,12-15,17-18H2,1-5H3. The first-order valence-electron chi connectivity index (χ1n) is 13.8. The maximum absolute atomic E-state index is 14.7. The number of aliphatic imine (C=N–C) groups is 1. The third kappa shape index (κ3) is 4.22. The highest BCUT2D eigenvalue weighted by atomic mass is 32.2. The molecule has 1 aromatic rings. The van der Waals surface area contributed by atoms with Crippen LogP contribution in [0.3, 0.4) is 0 Å². The van der Waals surface area contributed by atoms with Gasteiger partial charge in [0.2, 0.25) is 0 Å². The van der Waals surface area contributed by atoms with Crippen LogP contribution in [0.15, 0.2) is 23.2 Å². The minimum absolute atomic E-state index is 0.128. The summed E-state index contributed by atoms with van der Waals surface area (Å²) in [5, 5.41) is 1.33. The van der Waals surface area contributed by atoms with Crippen molar-refractivity contribution in [2.45, 2.75) is 108 Å². The molecule has 4 aliphatic rings. The first kappa shape index (κ1) is 25.1. The van der Waals surface area contributed by atoms with E-state index in [9.17, 15) is 4.79 Å². The van der Waals surface area contributed by atoms with Crippen molar-refractivity contribution >= 4 is 22.8 Å². The van der Waals surface area contributed by atoms with E-state index in [1.165, 1.54) is 18.4 Å². The molecule has 3 atom stereocenters. The minimum Gasteiger partial charge on any atom is -0.493 e. The van der Waals surface area contributed by atoms with Gasteiger partial charge in [0.25, 0.3) is 5.91 Å². The normalized spacial score (nSPS) is 31.7. The molecule has 1 aromatic carbocycles. The van der Waals surface area contributed by atoms with Crippen molar-refractivity contribution in [1.82, 2.24) is 4.90 Å². The van der Waals surface area contributed by atoms with E-state index in [1.54, 1.807) is 11.8 Å². The molecule has 1 heterocycles. The zero-order valence-electron chi connectivity index (χ0n) is 22.1. The fraction of sp³-hybridized carbons (Fsp3) is 0.724. The number of amidine groups is 1. The summed E-state index contributed by atoms with van der Waals surface area (Å²) < 4.78 is 11.9. The van der Waals surface area contributed by atoms with Crippen LogP contribution < -0.4 is 4.74 Å². The van der Waals surface area contributed by atoms with Crippen molar-refractivity contribution in [1.29, 1.82) is 0 Å². The van der Waals surface area contributed by atoms with E-state index in [0.29, 0.717) is 11.2 Å². The molecule has 2 spiro atoms. The Hall–Kier alpha value is -1.53. The van der Waals surface area contributed by atoms with Crippen LogP contribution in [0.5, 0.6) is 5.75 Å². The second kappa shape index (κ2) is 9.74. The predicted molar refractivity (Wildman–Crippen MR) is 143 cm³/mol. The minimum atomic E-state index is -0.848. The summed E-state index contributed by atoms with van der Waals surface area (Å²) in [6, 6.07) is 6.62. The zero-order valence-corrected chi connectivity index (χ0v) is 23.0. The Labute approximate surface area is 215 Å². The molecule has 5 nitrogen and oxygen atoms in total. The number of fused-ring (bicyclic) bond motifs is 3. The van der Waals surface area contributed by atoms with Crippen molar-refractivity contribution in [3.05, 3.63) is 29.3 Å². The number of carbonyl (C=O) groups is 1. The number of methoxy groups -OCH3 is 1. The van der Waals surface area contributed by atoms with E-state index in [0.717, 1.165) is 68.0 Å². The number of benzene rings is 1. The molecule has 3 aliphatic carbocycles. The van der Waals surface area contributed by atoms with Crippen molar-refractivity contribution < 1.29 is 14.3 Å². The summed E-state index contributed by atoms with van der Waals surface area (Å²) in [5.74, 6) is 1.77. The van der Waals surface area contributed by atoms with Gasteiger partial charge in [-0.25, -0.2) is 4.99 Å². The van der Waals surface area contributed by atoms with Gasteiger partial charge in [0.1, 0.15) is 5.75 Å². The van der Waals surface area contributed by atoms with Crippen LogP contribution in [0.2, 0.25) is 0 Å². The Kier molecular flexibility index (Phi) is 6.99. The Morgan fingerprint density at radius 2 is 1.89 bits per heavy atom. The molecule has 3 unspecified atom stereocenters. The Bertz CT molecular complexity index is 982. The average molecular weight is 499 g/mol. The van der Waals surface area contributed by atoms with Gasteiger partial charge in [-0.2, -0.15) is 0 Å². The highest BCUT2D eigenvalue weighted by Gasteiger charge is 2.67. The molecule has 0 N–H and O–H groups in total. The Morgan fingerprint density at radius 3 is 2.51 bits per heavy atom. The lowest BCUT2D eigenvalue weighted by molar-refractivity contribution is -0.139. The van der Waals surface area contributed by atoms with Crippen LogP contribution in [0.25, 0.3) is 0 Å². The largest absolute Gasteiger partial charge is 0.493 e. The molecule has 5 rings (SSSR count). The molecule has 35 heavy (non-hydrogen) atoms. The van der Waals surface area contributed by atoms with Crippen LogP contribution in [0.1, 0.15) is 90.2 Å². The number of amides is 1. The van der Waals surface area contributed by atoms with Crippen molar-refractivity contribution in [3.8, 4) is 5.75 Å². The number of nitrogens with zero attached hydrogens (tertiary/aromatic N) is 2. The van der Waals surface area contributed by atoms with Crippen LogP contribution in [0.4, 0.5) is 0 Å². The lowest BCUT2D eigenvalue weighted by atomic mass is 9.61. The van der Waals surface area contributed by atoms with E-state index in [2.05, 4.69) is 45.9 Å². The van der Waals surface area contributed by atoms with Crippen molar-refractivity contribution in [2.24, 2.45) is 16.3 Å². The highest BCUT2D eigenvalue weighted by Crippen LogP contribution is 2.63. The van der Waals surface area contributed by atoms with Crippen LogP contribution in [-0.2, 0) is 21.5 Å². The molecular weight excluding hydrogens is 456 g/mol. The number of rotatable bonds is 8. The summed E-state index contributed by atoms with van der Waals surface area (Å²) in [4.78, 5) is 22.3.